The van der Waals surface area contributed by atoms with Crippen LogP contribution in [0.5, 0.6) is 5.75 Å². The van der Waals surface area contributed by atoms with Crippen LogP contribution in [-0.4, -0.2) is 25.6 Å². The Bertz CT molecular complexity index is 435. The van der Waals surface area contributed by atoms with Crippen molar-refractivity contribution >= 4 is 5.78 Å². The van der Waals surface area contributed by atoms with Crippen molar-refractivity contribution in [2.45, 2.75) is 13.8 Å². The van der Waals surface area contributed by atoms with Crippen molar-refractivity contribution in [2.75, 3.05) is 19.8 Å². The molecule has 1 rings (SSSR count). The third-order valence-corrected chi connectivity index (χ3v) is 2.18. The molecular formula is C13H15NO3. The molecule has 1 aromatic carbocycles. The highest BCUT2D eigenvalue weighted by molar-refractivity contribution is 5.97. The van der Waals surface area contributed by atoms with Crippen LogP contribution in [0.25, 0.3) is 0 Å². The van der Waals surface area contributed by atoms with E-state index in [9.17, 15) is 4.79 Å². The number of carbonyl (C=O) groups is 1. The molecule has 0 unspecified atom stereocenters. The Balaban J connectivity index is 2.79. The number of nitriles is 1. The van der Waals surface area contributed by atoms with Crippen molar-refractivity contribution in [1.29, 1.82) is 5.26 Å². The lowest BCUT2D eigenvalue weighted by Gasteiger charge is -2.10. The van der Waals surface area contributed by atoms with Gasteiger partial charge in [0.15, 0.2) is 5.78 Å². The number of hydrogen-bond donors (Lipinski definition) is 0. The Morgan fingerprint density at radius 3 is 2.76 bits per heavy atom. The second-order valence-corrected chi connectivity index (χ2v) is 3.42. The average Bonchev–Trinajstić information content (AvgIpc) is 2.34. The normalized spacial score (nSPS) is 9.71. The van der Waals surface area contributed by atoms with Crippen molar-refractivity contribution in [3.05, 3.63) is 29.3 Å². The lowest BCUT2D eigenvalue weighted by atomic mass is 10.1. The first-order chi connectivity index (χ1) is 8.19. The molecule has 0 amide bonds. The van der Waals surface area contributed by atoms with E-state index in [1.54, 1.807) is 18.2 Å². The van der Waals surface area contributed by atoms with Crippen LogP contribution in [-0.2, 0) is 4.74 Å². The highest BCUT2D eigenvalue weighted by Crippen LogP contribution is 2.20. The molecule has 4 heteroatoms. The summed E-state index contributed by atoms with van der Waals surface area (Å²) in [5.41, 5.74) is 0.960. The molecule has 17 heavy (non-hydrogen) atoms. The summed E-state index contributed by atoms with van der Waals surface area (Å²) in [6.07, 6.45) is 0. The third kappa shape index (κ3) is 3.89. The summed E-state index contributed by atoms with van der Waals surface area (Å²) >= 11 is 0. The predicted molar refractivity (Wildman–Crippen MR) is 63.1 cm³/mol. The van der Waals surface area contributed by atoms with E-state index in [-0.39, 0.29) is 5.78 Å². The Labute approximate surface area is 101 Å². The van der Waals surface area contributed by atoms with Gasteiger partial charge in [0.25, 0.3) is 0 Å². The van der Waals surface area contributed by atoms with Gasteiger partial charge in [0.05, 0.1) is 23.8 Å². The quantitative estimate of drug-likeness (QED) is 0.558. The van der Waals surface area contributed by atoms with E-state index in [4.69, 9.17) is 14.7 Å². The molecule has 0 bridgehead atoms. The molecule has 0 aliphatic heterocycles. The summed E-state index contributed by atoms with van der Waals surface area (Å²) in [6.45, 7) is 4.82. The second-order valence-electron chi connectivity index (χ2n) is 3.42. The average molecular weight is 233 g/mol. The summed E-state index contributed by atoms with van der Waals surface area (Å²) in [7, 11) is 0. The minimum absolute atomic E-state index is 0.0825. The molecule has 0 fully saturated rings. The SMILES string of the molecule is CCOCCOc1cc(C#N)ccc1C(C)=O. The molecule has 0 saturated carbocycles. The minimum Gasteiger partial charge on any atom is -0.490 e. The lowest BCUT2D eigenvalue weighted by molar-refractivity contribution is 0.0990. The van der Waals surface area contributed by atoms with Crippen LogP contribution in [0.1, 0.15) is 29.8 Å². The van der Waals surface area contributed by atoms with Crippen LogP contribution in [0.4, 0.5) is 0 Å². The summed E-state index contributed by atoms with van der Waals surface area (Å²) in [5.74, 6) is 0.358. The van der Waals surface area contributed by atoms with Crippen molar-refractivity contribution in [2.24, 2.45) is 0 Å². The number of rotatable bonds is 6. The zero-order valence-electron chi connectivity index (χ0n) is 10.0. The van der Waals surface area contributed by atoms with Gasteiger partial charge in [-0.2, -0.15) is 5.26 Å². The standard InChI is InChI=1S/C13H15NO3/c1-3-16-6-7-17-13-8-11(9-14)4-5-12(13)10(2)15/h4-5,8H,3,6-7H2,1-2H3. The number of Topliss-reactive ketones (excluding diaryl/α,β-unsaturated/α-hetero) is 1. The summed E-state index contributed by atoms with van der Waals surface area (Å²) < 4.78 is 10.6. The maximum atomic E-state index is 11.4. The number of benzene rings is 1. The van der Waals surface area contributed by atoms with Crippen LogP contribution in [0.2, 0.25) is 0 Å². The van der Waals surface area contributed by atoms with Crippen LogP contribution < -0.4 is 4.74 Å². The molecule has 90 valence electrons. The van der Waals surface area contributed by atoms with Crippen molar-refractivity contribution in [1.82, 2.24) is 0 Å². The van der Waals surface area contributed by atoms with Gasteiger partial charge >= 0.3 is 0 Å². The Morgan fingerprint density at radius 1 is 1.41 bits per heavy atom. The monoisotopic (exact) mass is 233 g/mol. The summed E-state index contributed by atoms with van der Waals surface area (Å²) in [4.78, 5) is 11.4. The maximum absolute atomic E-state index is 11.4. The van der Waals surface area contributed by atoms with Gasteiger partial charge in [-0.1, -0.05) is 0 Å². The van der Waals surface area contributed by atoms with Crippen molar-refractivity contribution in [3.63, 3.8) is 0 Å². The van der Waals surface area contributed by atoms with Crippen LogP contribution >= 0.6 is 0 Å². The first-order valence-electron chi connectivity index (χ1n) is 5.44. The number of ketones is 1. The van der Waals surface area contributed by atoms with Gasteiger partial charge in [-0.05, 0) is 32.0 Å². The van der Waals surface area contributed by atoms with Crippen molar-refractivity contribution < 1.29 is 14.3 Å². The first-order valence-corrected chi connectivity index (χ1v) is 5.44. The number of ether oxygens (including phenoxy) is 2. The van der Waals surface area contributed by atoms with E-state index >= 15 is 0 Å². The molecule has 0 aliphatic rings. The summed E-state index contributed by atoms with van der Waals surface area (Å²) in [5, 5.41) is 8.79. The molecule has 0 radical (unpaired) electrons. The van der Waals surface area contributed by atoms with Gasteiger partial charge in [-0.25, -0.2) is 0 Å². The van der Waals surface area contributed by atoms with E-state index in [2.05, 4.69) is 0 Å². The Hall–Kier alpha value is -1.86. The maximum Gasteiger partial charge on any atom is 0.163 e. The second kappa shape index (κ2) is 6.66. The smallest absolute Gasteiger partial charge is 0.163 e. The van der Waals surface area contributed by atoms with E-state index < -0.39 is 0 Å². The van der Waals surface area contributed by atoms with Crippen LogP contribution in [0, 0.1) is 11.3 Å². The summed E-state index contributed by atoms with van der Waals surface area (Å²) in [6, 6.07) is 6.80. The molecule has 0 heterocycles. The molecule has 0 aromatic heterocycles. The van der Waals surface area contributed by atoms with E-state index in [0.717, 1.165) is 0 Å². The van der Waals surface area contributed by atoms with Gasteiger partial charge in [0.1, 0.15) is 12.4 Å². The van der Waals surface area contributed by atoms with Gasteiger partial charge < -0.3 is 9.47 Å². The van der Waals surface area contributed by atoms with E-state index in [1.807, 2.05) is 13.0 Å². The van der Waals surface area contributed by atoms with Crippen LogP contribution in [0.3, 0.4) is 0 Å². The topological polar surface area (TPSA) is 59.3 Å². The third-order valence-electron chi connectivity index (χ3n) is 2.18. The van der Waals surface area contributed by atoms with Gasteiger partial charge in [0.2, 0.25) is 0 Å². The molecular weight excluding hydrogens is 218 g/mol. The zero-order valence-corrected chi connectivity index (χ0v) is 10.0. The van der Waals surface area contributed by atoms with Gasteiger partial charge in [-0.15, -0.1) is 0 Å². The molecule has 0 saturated heterocycles. The van der Waals surface area contributed by atoms with Crippen LogP contribution in [0.15, 0.2) is 18.2 Å². The molecule has 4 nitrogen and oxygen atoms in total. The highest BCUT2D eigenvalue weighted by atomic mass is 16.5. The Kier molecular flexibility index (Phi) is 5.18. The first kappa shape index (κ1) is 13.2. The van der Waals surface area contributed by atoms with E-state index in [1.165, 1.54) is 6.92 Å². The molecule has 0 aliphatic carbocycles. The fraction of sp³-hybridized carbons (Fsp3) is 0.385. The molecule has 0 N–H and O–H groups in total. The Morgan fingerprint density at radius 2 is 2.18 bits per heavy atom. The van der Waals surface area contributed by atoms with Gasteiger partial charge in [-0.3, -0.25) is 4.79 Å². The fourth-order valence-electron chi connectivity index (χ4n) is 1.36. The fourth-order valence-corrected chi connectivity index (χ4v) is 1.36. The lowest BCUT2D eigenvalue weighted by Crippen LogP contribution is -2.09. The predicted octanol–water partition coefficient (Wildman–Crippen LogP) is 2.18. The molecule has 0 atom stereocenters. The van der Waals surface area contributed by atoms with Gasteiger partial charge in [0, 0.05) is 6.61 Å². The minimum atomic E-state index is -0.0825. The van der Waals surface area contributed by atoms with Crippen molar-refractivity contribution in [3.8, 4) is 11.8 Å². The largest absolute Gasteiger partial charge is 0.490 e. The molecule has 1 aromatic rings. The number of carbonyl (C=O) groups excluding carboxylic acids is 1. The number of nitrogens with zero attached hydrogens (tertiary/aromatic N) is 1. The number of hydrogen-bond acceptors (Lipinski definition) is 4. The van der Waals surface area contributed by atoms with E-state index in [0.29, 0.717) is 36.7 Å². The highest BCUT2D eigenvalue weighted by Gasteiger charge is 2.09. The zero-order chi connectivity index (χ0) is 12.7. The molecule has 0 spiro atoms.